The summed E-state index contributed by atoms with van der Waals surface area (Å²) in [4.78, 5) is 76.8. The average molecular weight is 546 g/mol. The lowest BCUT2D eigenvalue weighted by Crippen LogP contribution is -2.62. The summed E-state index contributed by atoms with van der Waals surface area (Å²) in [6.45, 7) is 4.99. The van der Waals surface area contributed by atoms with Gasteiger partial charge in [0.25, 0.3) is 0 Å². The van der Waals surface area contributed by atoms with E-state index in [4.69, 9.17) is 19.3 Å². The molecule has 4 rings (SSSR count). The van der Waals surface area contributed by atoms with Gasteiger partial charge in [0.2, 0.25) is 11.6 Å². The van der Waals surface area contributed by atoms with Gasteiger partial charge >= 0.3 is 17.9 Å². The maximum Gasteiger partial charge on any atom is 0.336 e. The molecular formula is C28H35NO10. The molecule has 2 N–H and O–H groups in total. The third-order valence-electron chi connectivity index (χ3n) is 8.86. The van der Waals surface area contributed by atoms with Gasteiger partial charge in [-0.15, -0.1) is 0 Å². The minimum absolute atomic E-state index is 0.00370. The maximum absolute atomic E-state index is 13.9. The van der Waals surface area contributed by atoms with Crippen LogP contribution in [0.2, 0.25) is 0 Å². The molecule has 4 aliphatic rings. The Morgan fingerprint density at radius 3 is 2.54 bits per heavy atom. The monoisotopic (exact) mass is 545 g/mol. The van der Waals surface area contributed by atoms with E-state index in [0.717, 1.165) is 0 Å². The largest absolute Gasteiger partial charge is 0.481 e. The molecule has 1 aliphatic heterocycles. The van der Waals surface area contributed by atoms with Gasteiger partial charge in [-0.25, -0.2) is 4.79 Å². The van der Waals surface area contributed by atoms with E-state index in [9.17, 15) is 28.8 Å². The summed E-state index contributed by atoms with van der Waals surface area (Å²) in [5.41, 5.74) is -1.66. The zero-order valence-electron chi connectivity index (χ0n) is 22.7. The molecule has 1 heterocycles. The molecule has 0 aromatic rings. The number of ether oxygens (including phenoxy) is 3. The molecule has 3 aliphatic carbocycles. The zero-order chi connectivity index (χ0) is 28.7. The first-order valence-electron chi connectivity index (χ1n) is 13.3. The van der Waals surface area contributed by atoms with Crippen molar-refractivity contribution in [3.63, 3.8) is 0 Å². The minimum atomic E-state index is -1.28. The molecule has 0 spiro atoms. The normalized spacial score (nSPS) is 34.8. The Morgan fingerprint density at radius 1 is 1.18 bits per heavy atom. The third-order valence-corrected chi connectivity index (χ3v) is 8.86. The number of cyclic esters (lactones) is 1. The highest BCUT2D eigenvalue weighted by molar-refractivity contribution is 6.47. The number of fused-ring (bicyclic) bond motifs is 4. The van der Waals surface area contributed by atoms with Crippen LogP contribution in [-0.2, 0) is 43.0 Å². The number of hydrogen-bond acceptors (Lipinski definition) is 10. The third kappa shape index (κ3) is 4.70. The van der Waals surface area contributed by atoms with Crippen molar-refractivity contribution in [3.8, 4) is 0 Å². The average Bonchev–Trinajstić information content (AvgIpc) is 3.15. The summed E-state index contributed by atoms with van der Waals surface area (Å²) >= 11 is 0. The number of carbonyl (C=O) groups excluding carboxylic acids is 5. The number of carboxylic acids is 1. The number of ketones is 3. The van der Waals surface area contributed by atoms with E-state index in [-0.39, 0.29) is 42.8 Å². The molecule has 0 aromatic heterocycles. The van der Waals surface area contributed by atoms with Gasteiger partial charge in [-0.1, -0.05) is 13.8 Å². The highest BCUT2D eigenvalue weighted by atomic mass is 16.6. The highest BCUT2D eigenvalue weighted by Gasteiger charge is 2.67. The van der Waals surface area contributed by atoms with Crippen LogP contribution in [-0.4, -0.2) is 72.8 Å². The van der Waals surface area contributed by atoms with Gasteiger partial charge in [-0.05, 0) is 24.8 Å². The van der Waals surface area contributed by atoms with Crippen LogP contribution in [0, 0.1) is 22.7 Å². The second kappa shape index (κ2) is 10.7. The van der Waals surface area contributed by atoms with Crippen LogP contribution in [0.15, 0.2) is 22.9 Å². The number of aliphatic carboxylic acids is 1. The predicted octanol–water partition coefficient (Wildman–Crippen LogP) is 1.68. The summed E-state index contributed by atoms with van der Waals surface area (Å²) in [7, 11) is 1.43. The number of hydrogen-bond donors (Lipinski definition) is 2. The number of carbonyl (C=O) groups is 6. The molecule has 6 atom stereocenters. The van der Waals surface area contributed by atoms with Crippen molar-refractivity contribution >= 4 is 35.3 Å². The lowest BCUT2D eigenvalue weighted by atomic mass is 9.50. The molecule has 0 amide bonds. The molecule has 212 valence electrons. The Morgan fingerprint density at radius 2 is 1.90 bits per heavy atom. The number of nitrogens with one attached hydrogen (secondary N) is 1. The number of unbranched alkanes of at least 4 members (excludes halogenated alkanes) is 1. The van der Waals surface area contributed by atoms with Gasteiger partial charge < -0.3 is 24.6 Å². The fourth-order valence-electron chi connectivity index (χ4n) is 7.00. The maximum atomic E-state index is 13.9. The van der Waals surface area contributed by atoms with E-state index in [1.54, 1.807) is 13.8 Å². The van der Waals surface area contributed by atoms with Gasteiger partial charge in [0.1, 0.15) is 18.0 Å². The first-order valence-corrected chi connectivity index (χ1v) is 13.3. The molecule has 1 unspecified atom stereocenters. The van der Waals surface area contributed by atoms with Crippen LogP contribution in [0.1, 0.15) is 59.3 Å². The van der Waals surface area contributed by atoms with Gasteiger partial charge in [-0.3, -0.25) is 24.0 Å². The Kier molecular flexibility index (Phi) is 7.84. The van der Waals surface area contributed by atoms with E-state index in [1.807, 2.05) is 0 Å². The quantitative estimate of drug-likeness (QED) is 0.188. The second-order valence-electron chi connectivity index (χ2n) is 11.2. The van der Waals surface area contributed by atoms with Crippen molar-refractivity contribution in [2.24, 2.45) is 22.7 Å². The van der Waals surface area contributed by atoms with E-state index in [1.165, 1.54) is 20.2 Å². The van der Waals surface area contributed by atoms with Crippen molar-refractivity contribution in [2.45, 2.75) is 71.5 Å². The standard InChI is InChI=1S/C28H35NO10/c1-14(30)38-17-11-27(2)16(8-9-18(27)31)21-23(17)28(3)19(13-37-4)39-26(36)15(22(28)25(35)24(21)34)12-29-10-6-5-7-20(32)33/h12,16-17,19,22,29H,5-11,13H2,1-4H3,(H,32,33)/b15-12-/t16-,17+,19+,22?,27-,28-/m0/s1. The molecule has 0 radical (unpaired) electrons. The fraction of sp³-hybridized carbons (Fsp3) is 0.643. The Balaban J connectivity index is 1.83. The second-order valence-corrected chi connectivity index (χ2v) is 11.2. The first-order chi connectivity index (χ1) is 18.4. The molecule has 11 heteroatoms. The van der Waals surface area contributed by atoms with Crippen molar-refractivity contribution in [3.05, 3.63) is 22.9 Å². The van der Waals surface area contributed by atoms with Crippen molar-refractivity contribution in [1.29, 1.82) is 0 Å². The zero-order valence-corrected chi connectivity index (χ0v) is 22.7. The number of Topliss-reactive ketones (excluding diaryl/α,β-unsaturated/α-hetero) is 3. The van der Waals surface area contributed by atoms with Crippen LogP contribution in [0.5, 0.6) is 0 Å². The topological polar surface area (TPSA) is 162 Å². The van der Waals surface area contributed by atoms with Gasteiger partial charge in [-0.2, -0.15) is 0 Å². The molecule has 0 aromatic carbocycles. The SMILES string of the molecule is COC[C@H]1OC(=O)/C(=C\NCCCCC(=O)O)C2C(=O)C(=O)C3=C([C@H](OC(C)=O)C[C@]4(C)C(=O)CC[C@@H]34)[C@]21C. The van der Waals surface area contributed by atoms with Crippen molar-refractivity contribution < 1.29 is 48.1 Å². The number of methoxy groups -OCH3 is 1. The van der Waals surface area contributed by atoms with E-state index in [2.05, 4.69) is 5.32 Å². The molecule has 39 heavy (non-hydrogen) atoms. The fourth-order valence-corrected chi connectivity index (χ4v) is 7.00. The van der Waals surface area contributed by atoms with Crippen molar-refractivity contribution in [1.82, 2.24) is 5.32 Å². The number of esters is 2. The number of rotatable bonds is 9. The van der Waals surface area contributed by atoms with Gasteiger partial charge in [0.15, 0.2) is 0 Å². The molecule has 1 saturated heterocycles. The summed E-state index contributed by atoms with van der Waals surface area (Å²) in [6, 6.07) is 0. The number of allylic oxidation sites excluding steroid dienone is 1. The van der Waals surface area contributed by atoms with E-state index in [0.29, 0.717) is 31.4 Å². The first kappa shape index (κ1) is 28.7. The minimum Gasteiger partial charge on any atom is -0.481 e. The van der Waals surface area contributed by atoms with E-state index < -0.39 is 64.3 Å². The lowest BCUT2D eigenvalue weighted by Gasteiger charge is -2.55. The van der Waals surface area contributed by atoms with Crippen LogP contribution in [0.25, 0.3) is 0 Å². The summed E-state index contributed by atoms with van der Waals surface area (Å²) in [5, 5.41) is 11.8. The number of carboxylic acid groups (broad SMARTS) is 1. The smallest absolute Gasteiger partial charge is 0.336 e. The Bertz CT molecular complexity index is 1180. The molecule has 2 fully saturated rings. The molecular weight excluding hydrogens is 510 g/mol. The summed E-state index contributed by atoms with van der Waals surface area (Å²) in [5.74, 6) is -5.61. The molecule has 1 saturated carbocycles. The van der Waals surface area contributed by atoms with Crippen LogP contribution < -0.4 is 5.32 Å². The molecule has 11 nitrogen and oxygen atoms in total. The molecule has 0 bridgehead atoms. The van der Waals surface area contributed by atoms with Crippen LogP contribution in [0.3, 0.4) is 0 Å². The Hall–Kier alpha value is -3.34. The van der Waals surface area contributed by atoms with Crippen molar-refractivity contribution in [2.75, 3.05) is 20.3 Å². The van der Waals surface area contributed by atoms with Gasteiger partial charge in [0, 0.05) is 68.4 Å². The lowest BCUT2D eigenvalue weighted by molar-refractivity contribution is -0.174. The highest BCUT2D eigenvalue weighted by Crippen LogP contribution is 2.62. The summed E-state index contributed by atoms with van der Waals surface area (Å²) < 4.78 is 16.9. The predicted molar refractivity (Wildman–Crippen MR) is 134 cm³/mol. The summed E-state index contributed by atoms with van der Waals surface area (Å²) in [6.07, 6.45) is 1.17. The van der Waals surface area contributed by atoms with Crippen LogP contribution in [0.4, 0.5) is 0 Å². The van der Waals surface area contributed by atoms with Gasteiger partial charge in [0.05, 0.1) is 18.1 Å². The van der Waals surface area contributed by atoms with E-state index >= 15 is 0 Å². The van der Waals surface area contributed by atoms with Crippen LogP contribution >= 0.6 is 0 Å². The Labute approximate surface area is 226 Å².